The first-order chi connectivity index (χ1) is 12.3. The Morgan fingerprint density at radius 2 is 1.20 bits per heavy atom. The van der Waals surface area contributed by atoms with Crippen molar-refractivity contribution in [2.45, 2.75) is 12.8 Å². The maximum Gasteiger partial charge on any atom is 0.0207 e. The molecule has 0 radical (unpaired) electrons. The Kier molecular flexibility index (Phi) is 4.63. The molecule has 25 heavy (non-hydrogen) atoms. The van der Waals surface area contributed by atoms with E-state index in [9.17, 15) is 0 Å². The van der Waals surface area contributed by atoms with Crippen LogP contribution >= 0.6 is 7.92 Å². The molecule has 3 aromatic rings. The standard InChI is InChI=1S/C24H21P/c1-19-23(20-11-8-9-12-20)17-10-18-24(19)25(21-13-4-2-5-14-21)22-15-6-3-7-16-22/h2-18,20H,1H3. The fraction of sp³-hybridized carbons (Fsp3) is 0.0833. The molecule has 0 atom stereocenters. The Balaban J connectivity index is 1.87. The van der Waals surface area contributed by atoms with E-state index in [0.717, 1.165) is 0 Å². The molecule has 0 N–H and O–H groups in total. The van der Waals surface area contributed by atoms with Crippen LogP contribution in [0.25, 0.3) is 0 Å². The van der Waals surface area contributed by atoms with Crippen molar-refractivity contribution in [2.24, 2.45) is 0 Å². The third kappa shape index (κ3) is 3.23. The van der Waals surface area contributed by atoms with E-state index in [1.54, 1.807) is 0 Å². The first-order valence-corrected chi connectivity index (χ1v) is 10.0. The van der Waals surface area contributed by atoms with Crippen molar-refractivity contribution in [3.63, 3.8) is 0 Å². The van der Waals surface area contributed by atoms with Crippen LogP contribution in [0.4, 0.5) is 0 Å². The number of benzene rings is 3. The lowest BCUT2D eigenvalue weighted by molar-refractivity contribution is 1.08. The molecule has 1 aliphatic carbocycles. The highest BCUT2D eigenvalue weighted by atomic mass is 31.1. The minimum absolute atomic E-state index is 0.406. The average molecular weight is 340 g/mol. The molecule has 1 heteroatoms. The second-order valence-electron chi connectivity index (χ2n) is 6.29. The Bertz CT molecular complexity index is 856. The van der Waals surface area contributed by atoms with Gasteiger partial charge in [-0.05, 0) is 41.9 Å². The normalized spacial score (nSPS) is 13.7. The maximum atomic E-state index is 2.31. The van der Waals surface area contributed by atoms with Crippen molar-refractivity contribution in [3.8, 4) is 0 Å². The van der Waals surface area contributed by atoms with Gasteiger partial charge in [0, 0.05) is 5.92 Å². The van der Waals surface area contributed by atoms with Crippen LogP contribution in [0.2, 0.25) is 0 Å². The van der Waals surface area contributed by atoms with Crippen LogP contribution in [0, 0.1) is 6.92 Å². The predicted molar refractivity (Wildman–Crippen MR) is 111 cm³/mol. The second kappa shape index (κ2) is 7.21. The van der Waals surface area contributed by atoms with Crippen molar-refractivity contribution in [2.75, 3.05) is 0 Å². The monoisotopic (exact) mass is 340 g/mol. The summed E-state index contributed by atoms with van der Waals surface area (Å²) in [5.74, 6) is 0.406. The molecule has 3 aromatic carbocycles. The van der Waals surface area contributed by atoms with E-state index in [1.165, 1.54) is 27.0 Å². The van der Waals surface area contributed by atoms with Gasteiger partial charge < -0.3 is 0 Å². The fourth-order valence-electron chi connectivity index (χ4n) is 3.46. The Morgan fingerprint density at radius 3 is 1.76 bits per heavy atom. The molecule has 0 fully saturated rings. The van der Waals surface area contributed by atoms with Crippen molar-refractivity contribution < 1.29 is 0 Å². The van der Waals surface area contributed by atoms with Gasteiger partial charge in [-0.2, -0.15) is 0 Å². The molecule has 0 unspecified atom stereocenters. The van der Waals surface area contributed by atoms with Gasteiger partial charge in [0.1, 0.15) is 0 Å². The minimum Gasteiger partial charge on any atom is -0.0732 e. The lowest BCUT2D eigenvalue weighted by Gasteiger charge is -2.23. The molecule has 1 aliphatic rings. The van der Waals surface area contributed by atoms with Crippen LogP contribution < -0.4 is 15.9 Å². The summed E-state index contributed by atoms with van der Waals surface area (Å²) in [7, 11) is -0.546. The van der Waals surface area contributed by atoms with Crippen LogP contribution in [0.15, 0.2) is 103 Å². The van der Waals surface area contributed by atoms with Gasteiger partial charge in [-0.25, -0.2) is 0 Å². The van der Waals surface area contributed by atoms with Crippen molar-refractivity contribution in [1.82, 2.24) is 0 Å². The molecule has 0 nitrogen and oxygen atoms in total. The molecular formula is C24H21P. The molecule has 0 heterocycles. The molecule has 0 aliphatic heterocycles. The summed E-state index contributed by atoms with van der Waals surface area (Å²) in [5.41, 5.74) is 2.84. The van der Waals surface area contributed by atoms with E-state index in [2.05, 4.69) is 110 Å². The lowest BCUT2D eigenvalue weighted by atomic mass is 9.96. The van der Waals surface area contributed by atoms with Gasteiger partial charge >= 0.3 is 0 Å². The highest BCUT2D eigenvalue weighted by molar-refractivity contribution is 7.79. The molecule has 0 saturated heterocycles. The van der Waals surface area contributed by atoms with E-state index in [0.29, 0.717) is 5.92 Å². The second-order valence-corrected chi connectivity index (χ2v) is 8.48. The summed E-state index contributed by atoms with van der Waals surface area (Å²) in [6.45, 7) is 2.28. The van der Waals surface area contributed by atoms with Gasteiger partial charge in [0.2, 0.25) is 0 Å². The molecule has 0 aromatic heterocycles. The van der Waals surface area contributed by atoms with E-state index >= 15 is 0 Å². The molecule has 0 spiro atoms. The highest BCUT2D eigenvalue weighted by Gasteiger charge is 2.21. The first-order valence-electron chi connectivity index (χ1n) is 8.69. The van der Waals surface area contributed by atoms with Crippen molar-refractivity contribution in [1.29, 1.82) is 0 Å². The highest BCUT2D eigenvalue weighted by Crippen LogP contribution is 2.36. The molecular weight excluding hydrogens is 319 g/mol. The third-order valence-electron chi connectivity index (χ3n) is 4.72. The molecule has 0 bridgehead atoms. The van der Waals surface area contributed by atoms with Gasteiger partial charge in [-0.3, -0.25) is 0 Å². The Labute approximate surface area is 151 Å². The summed E-state index contributed by atoms with van der Waals surface area (Å²) in [6, 6.07) is 28.6. The molecule has 0 amide bonds. The topological polar surface area (TPSA) is 0 Å². The molecule has 122 valence electrons. The summed E-state index contributed by atoms with van der Waals surface area (Å²) in [6.07, 6.45) is 8.85. The summed E-state index contributed by atoms with van der Waals surface area (Å²) in [5, 5.41) is 4.27. The SMILES string of the molecule is Cc1c(C2C=CC=C2)cccc1P(c1ccccc1)c1ccccc1. The molecule has 4 rings (SSSR count). The van der Waals surface area contributed by atoms with Gasteiger partial charge in [-0.15, -0.1) is 0 Å². The van der Waals surface area contributed by atoms with Crippen molar-refractivity contribution >= 4 is 23.8 Å². The largest absolute Gasteiger partial charge is 0.0732 e. The number of allylic oxidation sites excluding steroid dienone is 4. The van der Waals surface area contributed by atoms with Gasteiger partial charge in [-0.1, -0.05) is 103 Å². The van der Waals surface area contributed by atoms with Crippen LogP contribution in [0.1, 0.15) is 17.0 Å². The fourth-order valence-corrected chi connectivity index (χ4v) is 5.96. The lowest BCUT2D eigenvalue weighted by Crippen LogP contribution is -2.23. The van der Waals surface area contributed by atoms with Crippen LogP contribution in [-0.2, 0) is 0 Å². The first kappa shape index (κ1) is 16.1. The van der Waals surface area contributed by atoms with E-state index in [-0.39, 0.29) is 0 Å². The van der Waals surface area contributed by atoms with Crippen molar-refractivity contribution in [3.05, 3.63) is 114 Å². The predicted octanol–water partition coefficient (Wildman–Crippen LogP) is 4.96. The zero-order valence-corrected chi connectivity index (χ0v) is 15.2. The quantitative estimate of drug-likeness (QED) is 0.589. The van der Waals surface area contributed by atoms with E-state index in [1.807, 2.05) is 0 Å². The summed E-state index contributed by atoms with van der Waals surface area (Å²) in [4.78, 5) is 0. The van der Waals surface area contributed by atoms with Gasteiger partial charge in [0.15, 0.2) is 0 Å². The zero-order valence-electron chi connectivity index (χ0n) is 14.3. The van der Waals surface area contributed by atoms with Crippen LogP contribution in [-0.4, -0.2) is 0 Å². The van der Waals surface area contributed by atoms with E-state index < -0.39 is 7.92 Å². The van der Waals surface area contributed by atoms with Gasteiger partial charge in [0.25, 0.3) is 0 Å². The van der Waals surface area contributed by atoms with Gasteiger partial charge in [0.05, 0.1) is 0 Å². The van der Waals surface area contributed by atoms with Crippen LogP contribution in [0.5, 0.6) is 0 Å². The Morgan fingerprint density at radius 1 is 0.640 bits per heavy atom. The average Bonchev–Trinajstić information content (AvgIpc) is 3.20. The minimum atomic E-state index is -0.546. The summed E-state index contributed by atoms with van der Waals surface area (Å²) < 4.78 is 0. The Hall–Kier alpha value is -2.43. The maximum absolute atomic E-state index is 2.31. The number of rotatable bonds is 4. The van der Waals surface area contributed by atoms with Crippen LogP contribution in [0.3, 0.4) is 0 Å². The smallest absolute Gasteiger partial charge is 0.0207 e. The zero-order chi connectivity index (χ0) is 17.1. The summed E-state index contributed by atoms with van der Waals surface area (Å²) >= 11 is 0. The number of hydrogen-bond donors (Lipinski definition) is 0. The number of hydrogen-bond acceptors (Lipinski definition) is 0. The van der Waals surface area contributed by atoms with E-state index in [4.69, 9.17) is 0 Å². The molecule has 0 saturated carbocycles. The third-order valence-corrected chi connectivity index (χ3v) is 7.32.